The molecule has 0 aromatic heterocycles. The van der Waals surface area contributed by atoms with Crippen molar-refractivity contribution >= 4 is 49.7 Å². The zero-order valence-electron chi connectivity index (χ0n) is 9.29. The molecule has 0 N–H and O–H groups in total. The van der Waals surface area contributed by atoms with E-state index < -0.39 is 5.82 Å². The third-order valence-corrected chi connectivity index (χ3v) is 3.69. The van der Waals surface area contributed by atoms with Gasteiger partial charge >= 0.3 is 0 Å². The molecule has 19 heavy (non-hydrogen) atoms. The van der Waals surface area contributed by atoms with Crippen LogP contribution in [0, 0.1) is 5.82 Å². The van der Waals surface area contributed by atoms with Crippen LogP contribution in [-0.4, -0.2) is 6.29 Å². The van der Waals surface area contributed by atoms with Crippen molar-refractivity contribution in [2.24, 2.45) is 0 Å². The Labute approximate surface area is 130 Å². The number of hydrogen-bond donors (Lipinski definition) is 0. The molecule has 0 bridgehead atoms. The number of halogens is 4. The standard InChI is InChI=1S/C13H6Br2ClFO2/c14-8-2-1-7(6-18)12(3-8)19-13-5-11(17)9(15)4-10(13)16/h1-6H. The first kappa shape index (κ1) is 14.5. The lowest BCUT2D eigenvalue weighted by atomic mass is 10.2. The third kappa shape index (κ3) is 3.35. The molecular formula is C13H6Br2ClFO2. The highest BCUT2D eigenvalue weighted by Crippen LogP contribution is 2.35. The summed E-state index contributed by atoms with van der Waals surface area (Å²) in [5.74, 6) is -0.0568. The first-order valence-electron chi connectivity index (χ1n) is 5.08. The van der Waals surface area contributed by atoms with Crippen LogP contribution in [0.1, 0.15) is 10.4 Å². The maximum atomic E-state index is 13.5. The van der Waals surface area contributed by atoms with Crippen LogP contribution in [0.4, 0.5) is 4.39 Å². The van der Waals surface area contributed by atoms with Crippen molar-refractivity contribution in [2.45, 2.75) is 0 Å². The summed E-state index contributed by atoms with van der Waals surface area (Å²) in [5, 5.41) is 0.241. The van der Waals surface area contributed by atoms with E-state index >= 15 is 0 Å². The molecule has 0 unspecified atom stereocenters. The second-order valence-corrected chi connectivity index (χ2v) is 5.78. The molecular weight excluding hydrogens is 402 g/mol. The van der Waals surface area contributed by atoms with Crippen LogP contribution in [0.15, 0.2) is 39.3 Å². The molecule has 0 fully saturated rings. The summed E-state index contributed by atoms with van der Waals surface area (Å²) >= 11 is 12.3. The zero-order valence-corrected chi connectivity index (χ0v) is 13.2. The quantitative estimate of drug-likeness (QED) is 0.488. The second kappa shape index (κ2) is 6.03. The van der Waals surface area contributed by atoms with Gasteiger partial charge in [-0.25, -0.2) is 4.39 Å². The topological polar surface area (TPSA) is 26.3 Å². The van der Waals surface area contributed by atoms with Gasteiger partial charge in [-0.15, -0.1) is 0 Å². The number of ether oxygens (including phenoxy) is 1. The predicted molar refractivity (Wildman–Crippen MR) is 78.7 cm³/mol. The summed E-state index contributed by atoms with van der Waals surface area (Å²) in [5.41, 5.74) is 0.350. The molecule has 2 aromatic rings. The van der Waals surface area contributed by atoms with Gasteiger partial charge in [0.1, 0.15) is 17.3 Å². The van der Waals surface area contributed by atoms with Crippen LogP contribution >= 0.6 is 43.5 Å². The fourth-order valence-corrected chi connectivity index (χ4v) is 2.41. The van der Waals surface area contributed by atoms with E-state index in [0.717, 1.165) is 10.5 Å². The molecule has 2 rings (SSSR count). The summed E-state index contributed by atoms with van der Waals surface area (Å²) in [6.45, 7) is 0. The van der Waals surface area contributed by atoms with E-state index in [1.165, 1.54) is 6.07 Å². The smallest absolute Gasteiger partial charge is 0.153 e. The summed E-state index contributed by atoms with van der Waals surface area (Å²) in [6.07, 6.45) is 0.658. The fourth-order valence-electron chi connectivity index (χ4n) is 1.39. The van der Waals surface area contributed by atoms with Gasteiger partial charge in [0, 0.05) is 10.5 Å². The molecule has 0 aliphatic rings. The van der Waals surface area contributed by atoms with Crippen molar-refractivity contribution in [1.82, 2.24) is 0 Å². The Kier molecular flexibility index (Phi) is 4.60. The Morgan fingerprint density at radius 2 is 1.89 bits per heavy atom. The van der Waals surface area contributed by atoms with Gasteiger partial charge in [0.05, 0.1) is 15.1 Å². The Morgan fingerprint density at radius 1 is 1.16 bits per heavy atom. The van der Waals surface area contributed by atoms with Gasteiger partial charge in [-0.3, -0.25) is 4.79 Å². The van der Waals surface area contributed by atoms with E-state index in [0.29, 0.717) is 17.6 Å². The van der Waals surface area contributed by atoms with Crippen LogP contribution in [0.25, 0.3) is 0 Å². The Morgan fingerprint density at radius 3 is 2.58 bits per heavy atom. The van der Waals surface area contributed by atoms with Crippen LogP contribution < -0.4 is 4.74 Å². The number of benzene rings is 2. The number of aldehydes is 1. The minimum absolute atomic E-state index is 0.142. The minimum Gasteiger partial charge on any atom is -0.455 e. The average molecular weight is 408 g/mol. The van der Waals surface area contributed by atoms with E-state index in [1.54, 1.807) is 18.2 Å². The van der Waals surface area contributed by atoms with E-state index in [-0.39, 0.29) is 15.2 Å². The summed E-state index contributed by atoms with van der Waals surface area (Å²) in [7, 11) is 0. The van der Waals surface area contributed by atoms with E-state index in [1.807, 2.05) is 0 Å². The molecule has 2 aromatic carbocycles. The number of carbonyl (C=O) groups excluding carboxylic acids is 1. The molecule has 0 spiro atoms. The molecule has 0 amide bonds. The van der Waals surface area contributed by atoms with Crippen molar-refractivity contribution in [1.29, 1.82) is 0 Å². The summed E-state index contributed by atoms with van der Waals surface area (Å²) < 4.78 is 19.9. The van der Waals surface area contributed by atoms with Crippen molar-refractivity contribution < 1.29 is 13.9 Å². The highest BCUT2D eigenvalue weighted by molar-refractivity contribution is 9.10. The molecule has 0 atom stereocenters. The Hall–Kier alpha value is -0.910. The first-order valence-corrected chi connectivity index (χ1v) is 7.05. The maximum absolute atomic E-state index is 13.5. The molecule has 98 valence electrons. The molecule has 0 aliphatic carbocycles. The average Bonchev–Trinajstić information content (AvgIpc) is 2.36. The van der Waals surface area contributed by atoms with Crippen LogP contribution in [0.5, 0.6) is 11.5 Å². The molecule has 6 heteroatoms. The van der Waals surface area contributed by atoms with Crippen molar-refractivity contribution in [2.75, 3.05) is 0 Å². The zero-order chi connectivity index (χ0) is 14.0. The second-order valence-electron chi connectivity index (χ2n) is 3.60. The first-order chi connectivity index (χ1) is 9.01. The predicted octanol–water partition coefficient (Wildman–Crippen LogP) is 5.61. The van der Waals surface area contributed by atoms with Gasteiger partial charge in [0.25, 0.3) is 0 Å². The molecule has 0 saturated heterocycles. The monoisotopic (exact) mass is 406 g/mol. The summed E-state index contributed by atoms with van der Waals surface area (Å²) in [4.78, 5) is 10.9. The highest BCUT2D eigenvalue weighted by atomic mass is 79.9. The lowest BCUT2D eigenvalue weighted by Crippen LogP contribution is -1.92. The number of rotatable bonds is 3. The van der Waals surface area contributed by atoms with Crippen molar-refractivity contribution in [3.8, 4) is 11.5 Å². The van der Waals surface area contributed by atoms with Gasteiger partial charge in [0.2, 0.25) is 0 Å². The van der Waals surface area contributed by atoms with Gasteiger partial charge < -0.3 is 4.74 Å². The van der Waals surface area contributed by atoms with Gasteiger partial charge in [-0.1, -0.05) is 27.5 Å². The lowest BCUT2D eigenvalue weighted by molar-refractivity contribution is 0.112. The maximum Gasteiger partial charge on any atom is 0.153 e. The molecule has 0 radical (unpaired) electrons. The Bertz CT molecular complexity index is 647. The summed E-state index contributed by atoms with van der Waals surface area (Å²) in [6, 6.07) is 7.46. The minimum atomic E-state index is -0.498. The molecule has 0 aliphatic heterocycles. The Balaban J connectivity index is 2.44. The van der Waals surface area contributed by atoms with Gasteiger partial charge in [-0.2, -0.15) is 0 Å². The van der Waals surface area contributed by atoms with Gasteiger partial charge in [-0.05, 0) is 40.2 Å². The molecule has 0 saturated carbocycles. The molecule has 2 nitrogen and oxygen atoms in total. The largest absolute Gasteiger partial charge is 0.455 e. The highest BCUT2D eigenvalue weighted by Gasteiger charge is 2.11. The molecule has 0 heterocycles. The lowest BCUT2D eigenvalue weighted by Gasteiger charge is -2.10. The van der Waals surface area contributed by atoms with Gasteiger partial charge in [0.15, 0.2) is 6.29 Å². The number of hydrogen-bond acceptors (Lipinski definition) is 2. The fraction of sp³-hybridized carbons (Fsp3) is 0. The van der Waals surface area contributed by atoms with Crippen LogP contribution in [0.3, 0.4) is 0 Å². The van der Waals surface area contributed by atoms with E-state index in [2.05, 4.69) is 31.9 Å². The third-order valence-electron chi connectivity index (χ3n) is 2.30. The normalized spacial score (nSPS) is 10.3. The van der Waals surface area contributed by atoms with Crippen molar-refractivity contribution in [3.05, 3.63) is 55.7 Å². The van der Waals surface area contributed by atoms with Crippen LogP contribution in [-0.2, 0) is 0 Å². The SMILES string of the molecule is O=Cc1ccc(Br)cc1Oc1cc(F)c(Br)cc1Cl. The van der Waals surface area contributed by atoms with Crippen LogP contribution in [0.2, 0.25) is 5.02 Å². The number of carbonyl (C=O) groups is 1. The van der Waals surface area contributed by atoms with E-state index in [4.69, 9.17) is 16.3 Å². The van der Waals surface area contributed by atoms with Crippen molar-refractivity contribution in [3.63, 3.8) is 0 Å². The van der Waals surface area contributed by atoms with E-state index in [9.17, 15) is 9.18 Å².